The molecule has 1 saturated carbocycles. The van der Waals surface area contributed by atoms with Crippen molar-refractivity contribution in [2.45, 2.75) is 26.7 Å². The van der Waals surface area contributed by atoms with Crippen molar-refractivity contribution in [3.05, 3.63) is 17.7 Å². The molecule has 1 fully saturated rings. The second kappa shape index (κ2) is 2.58. The van der Waals surface area contributed by atoms with Gasteiger partial charge in [0.2, 0.25) is 0 Å². The zero-order valence-corrected chi connectivity index (χ0v) is 8.46. The fraction of sp³-hybridized carbons (Fsp3) is 0.700. The van der Waals surface area contributed by atoms with Crippen LogP contribution in [0.25, 0.3) is 0 Å². The predicted octanol–water partition coefficient (Wildman–Crippen LogP) is 1.42. The number of rotatable bonds is 2. The lowest BCUT2D eigenvalue weighted by Crippen LogP contribution is -2.05. The normalized spacial score (nSPS) is 30.5. The topological polar surface area (TPSA) is 54.7 Å². The fourth-order valence-electron chi connectivity index (χ4n) is 2.41. The molecular formula is C10H17N3. The first-order valence-corrected chi connectivity index (χ1v) is 4.79. The molecule has 0 bridgehead atoms. The Morgan fingerprint density at radius 3 is 2.69 bits per heavy atom. The highest BCUT2D eigenvalue weighted by molar-refractivity contribution is 5.29. The number of hydrogen-bond acceptors (Lipinski definition) is 2. The van der Waals surface area contributed by atoms with Gasteiger partial charge in [-0.05, 0) is 24.8 Å². The fourth-order valence-corrected chi connectivity index (χ4v) is 2.41. The van der Waals surface area contributed by atoms with E-state index in [0.717, 1.165) is 6.54 Å². The Morgan fingerprint density at radius 1 is 1.62 bits per heavy atom. The summed E-state index contributed by atoms with van der Waals surface area (Å²) in [4.78, 5) is 7.48. The van der Waals surface area contributed by atoms with E-state index in [-0.39, 0.29) is 0 Å². The number of nitrogens with two attached hydrogens (primary N) is 1. The summed E-state index contributed by atoms with van der Waals surface area (Å²) in [5.74, 6) is 1.17. The number of H-pyrrole nitrogens is 1. The third kappa shape index (κ3) is 1.10. The molecule has 0 spiro atoms. The quantitative estimate of drug-likeness (QED) is 0.721. The molecule has 72 valence electrons. The summed E-state index contributed by atoms with van der Waals surface area (Å²) in [6, 6.07) is 0. The highest BCUT2D eigenvalue weighted by Crippen LogP contribution is 2.63. The van der Waals surface area contributed by atoms with Crippen LogP contribution in [-0.4, -0.2) is 16.5 Å². The third-order valence-electron chi connectivity index (χ3n) is 3.47. The molecule has 1 aromatic rings. The minimum absolute atomic E-state index is 0.342. The summed E-state index contributed by atoms with van der Waals surface area (Å²) in [6.07, 6.45) is 1.77. The number of nitrogens with zero attached hydrogens (tertiary/aromatic N) is 1. The Hall–Kier alpha value is -0.830. The molecule has 13 heavy (non-hydrogen) atoms. The maximum Gasteiger partial charge on any atom is 0.0925 e. The Bertz CT molecular complexity index is 314. The highest BCUT2D eigenvalue weighted by atomic mass is 14.9. The van der Waals surface area contributed by atoms with Gasteiger partial charge in [0.25, 0.3) is 0 Å². The number of nitrogens with one attached hydrogen (secondary N) is 1. The minimum atomic E-state index is 0.342. The van der Waals surface area contributed by atoms with E-state index in [0.29, 0.717) is 17.3 Å². The van der Waals surface area contributed by atoms with Gasteiger partial charge < -0.3 is 10.7 Å². The lowest BCUT2D eigenvalue weighted by atomic mass is 10.1. The van der Waals surface area contributed by atoms with Crippen molar-refractivity contribution in [3.8, 4) is 0 Å². The Morgan fingerprint density at radius 2 is 2.31 bits per heavy atom. The minimum Gasteiger partial charge on any atom is -0.348 e. The van der Waals surface area contributed by atoms with Crippen LogP contribution < -0.4 is 5.73 Å². The second-order valence-corrected chi connectivity index (χ2v) is 4.55. The molecule has 0 aromatic carbocycles. The van der Waals surface area contributed by atoms with Crippen LogP contribution in [0, 0.1) is 18.3 Å². The van der Waals surface area contributed by atoms with E-state index in [1.54, 1.807) is 6.33 Å². The van der Waals surface area contributed by atoms with Gasteiger partial charge in [-0.1, -0.05) is 13.8 Å². The van der Waals surface area contributed by atoms with Crippen molar-refractivity contribution in [2.24, 2.45) is 17.1 Å². The molecule has 1 aromatic heterocycles. The molecule has 3 N–H and O–H groups in total. The van der Waals surface area contributed by atoms with E-state index in [2.05, 4.69) is 30.7 Å². The summed E-state index contributed by atoms with van der Waals surface area (Å²) >= 11 is 0. The van der Waals surface area contributed by atoms with Gasteiger partial charge in [-0.2, -0.15) is 0 Å². The van der Waals surface area contributed by atoms with Crippen LogP contribution in [0.2, 0.25) is 0 Å². The molecule has 3 heteroatoms. The van der Waals surface area contributed by atoms with Crippen LogP contribution in [0.1, 0.15) is 31.2 Å². The van der Waals surface area contributed by atoms with E-state index in [1.165, 1.54) is 11.4 Å². The molecule has 1 aliphatic rings. The van der Waals surface area contributed by atoms with Gasteiger partial charge >= 0.3 is 0 Å². The van der Waals surface area contributed by atoms with E-state index in [1.807, 2.05) is 0 Å². The second-order valence-electron chi connectivity index (χ2n) is 4.55. The van der Waals surface area contributed by atoms with Crippen LogP contribution in [0.5, 0.6) is 0 Å². The molecule has 2 rings (SSSR count). The van der Waals surface area contributed by atoms with E-state index < -0.39 is 0 Å². The van der Waals surface area contributed by atoms with E-state index in [9.17, 15) is 0 Å². The summed E-state index contributed by atoms with van der Waals surface area (Å²) in [5, 5.41) is 0. The maximum absolute atomic E-state index is 5.72. The maximum atomic E-state index is 5.72. The number of hydrogen-bond donors (Lipinski definition) is 2. The summed E-state index contributed by atoms with van der Waals surface area (Å²) in [6.45, 7) is 7.38. The van der Waals surface area contributed by atoms with Crippen LogP contribution in [0.3, 0.4) is 0 Å². The van der Waals surface area contributed by atoms with Gasteiger partial charge in [0.05, 0.1) is 12.0 Å². The molecule has 0 amide bonds. The standard InChI is InChI=1S/C10H17N3/c1-6-9(13-5-12-6)8-7(4-11)10(8,2)3/h5,7-8H,4,11H2,1-3H3,(H,12,13)/t7-,8+/m0/s1. The zero-order valence-electron chi connectivity index (χ0n) is 8.46. The highest BCUT2D eigenvalue weighted by Gasteiger charge is 2.58. The van der Waals surface area contributed by atoms with Crippen molar-refractivity contribution in [2.75, 3.05) is 6.54 Å². The van der Waals surface area contributed by atoms with Crippen LogP contribution in [-0.2, 0) is 0 Å². The Labute approximate surface area is 78.7 Å². The lowest BCUT2D eigenvalue weighted by molar-refractivity contribution is 0.557. The first kappa shape index (κ1) is 8.75. The van der Waals surface area contributed by atoms with Gasteiger partial charge in [-0.25, -0.2) is 4.98 Å². The first-order valence-electron chi connectivity index (χ1n) is 4.79. The van der Waals surface area contributed by atoms with E-state index >= 15 is 0 Å². The SMILES string of the molecule is Cc1[nH]cnc1[C@H]1[C@H](CN)C1(C)C. The van der Waals surface area contributed by atoms with Gasteiger partial charge in [0.15, 0.2) is 0 Å². The molecule has 1 heterocycles. The summed E-state index contributed by atoms with van der Waals surface area (Å²) in [5.41, 5.74) is 8.46. The average Bonchev–Trinajstić information content (AvgIpc) is 2.41. The van der Waals surface area contributed by atoms with Crippen molar-refractivity contribution in [1.82, 2.24) is 9.97 Å². The zero-order chi connectivity index (χ0) is 9.64. The predicted molar refractivity (Wildman–Crippen MR) is 52.4 cm³/mol. The summed E-state index contributed by atoms with van der Waals surface area (Å²) < 4.78 is 0. The number of aromatic amines is 1. The number of aryl methyl sites for hydroxylation is 1. The average molecular weight is 179 g/mol. The van der Waals surface area contributed by atoms with Gasteiger partial charge in [0.1, 0.15) is 0 Å². The first-order chi connectivity index (χ1) is 6.09. The molecule has 1 aliphatic carbocycles. The van der Waals surface area contributed by atoms with Crippen LogP contribution in [0.15, 0.2) is 6.33 Å². The number of aromatic nitrogens is 2. The third-order valence-corrected chi connectivity index (χ3v) is 3.47. The molecule has 0 radical (unpaired) electrons. The smallest absolute Gasteiger partial charge is 0.0925 e. The van der Waals surface area contributed by atoms with E-state index in [4.69, 9.17) is 5.73 Å². The van der Waals surface area contributed by atoms with Crippen molar-refractivity contribution in [3.63, 3.8) is 0 Å². The largest absolute Gasteiger partial charge is 0.348 e. The van der Waals surface area contributed by atoms with Gasteiger partial charge in [-0.15, -0.1) is 0 Å². The van der Waals surface area contributed by atoms with Crippen LogP contribution >= 0.6 is 0 Å². The summed E-state index contributed by atoms with van der Waals surface area (Å²) in [7, 11) is 0. The Balaban J connectivity index is 2.26. The molecule has 2 atom stereocenters. The monoisotopic (exact) mass is 179 g/mol. The number of imidazole rings is 1. The van der Waals surface area contributed by atoms with Gasteiger partial charge in [0, 0.05) is 11.6 Å². The van der Waals surface area contributed by atoms with Gasteiger partial charge in [-0.3, -0.25) is 0 Å². The molecule has 0 unspecified atom stereocenters. The van der Waals surface area contributed by atoms with Crippen molar-refractivity contribution < 1.29 is 0 Å². The molecule has 3 nitrogen and oxygen atoms in total. The molecule has 0 aliphatic heterocycles. The lowest BCUT2D eigenvalue weighted by Gasteiger charge is -1.99. The van der Waals surface area contributed by atoms with Crippen molar-refractivity contribution in [1.29, 1.82) is 0 Å². The van der Waals surface area contributed by atoms with Crippen LogP contribution in [0.4, 0.5) is 0 Å². The molecular weight excluding hydrogens is 162 g/mol. The van der Waals surface area contributed by atoms with Crippen molar-refractivity contribution >= 4 is 0 Å². The molecule has 0 saturated heterocycles. The Kier molecular flexibility index (Phi) is 1.74.